The van der Waals surface area contributed by atoms with Crippen LogP contribution in [0.5, 0.6) is 11.5 Å². The summed E-state index contributed by atoms with van der Waals surface area (Å²) in [5.41, 5.74) is 1.11. The summed E-state index contributed by atoms with van der Waals surface area (Å²) in [6.07, 6.45) is -0.299. The molecule has 3 rings (SSSR count). The largest absolute Gasteiger partial charge is 0.486 e. The summed E-state index contributed by atoms with van der Waals surface area (Å²) in [5, 5.41) is 11.8. The van der Waals surface area contributed by atoms with Gasteiger partial charge in [0.15, 0.2) is 11.5 Å². The van der Waals surface area contributed by atoms with E-state index in [1.165, 1.54) is 12.1 Å². The minimum absolute atomic E-state index is 0.0892. The maximum absolute atomic E-state index is 12.3. The van der Waals surface area contributed by atoms with Gasteiger partial charge in [-0.3, -0.25) is 4.79 Å². The average Bonchev–Trinajstić information content (AvgIpc) is 2.58. The van der Waals surface area contributed by atoms with Crippen LogP contribution in [0.15, 0.2) is 42.5 Å². The molecule has 2 aromatic rings. The van der Waals surface area contributed by atoms with Gasteiger partial charge in [-0.05, 0) is 42.8 Å². The molecule has 1 atom stereocenters. The van der Waals surface area contributed by atoms with E-state index >= 15 is 0 Å². The molecule has 0 aliphatic carbocycles. The lowest BCUT2D eigenvalue weighted by Gasteiger charge is -2.26. The van der Waals surface area contributed by atoms with Gasteiger partial charge < -0.3 is 19.9 Å². The maximum atomic E-state index is 12.3. The number of nitrogens with one attached hydrogen (secondary N) is 1. The highest BCUT2D eigenvalue weighted by molar-refractivity contribution is 5.97. The second kappa shape index (κ2) is 6.62. The van der Waals surface area contributed by atoms with E-state index in [1.54, 1.807) is 13.0 Å². The average molecular weight is 327 g/mol. The zero-order chi connectivity index (χ0) is 17.1. The summed E-state index contributed by atoms with van der Waals surface area (Å²) in [6, 6.07) is 11.9. The Labute approximate surface area is 139 Å². The number of aromatic carboxylic acids is 1. The quantitative estimate of drug-likeness (QED) is 0.900. The van der Waals surface area contributed by atoms with Crippen LogP contribution in [0.25, 0.3) is 0 Å². The first-order valence-corrected chi connectivity index (χ1v) is 7.54. The molecular weight excluding hydrogens is 310 g/mol. The molecule has 1 aliphatic rings. The molecule has 2 aromatic carbocycles. The fraction of sp³-hybridized carbons (Fsp3) is 0.222. The third-order valence-corrected chi connectivity index (χ3v) is 3.64. The van der Waals surface area contributed by atoms with Crippen molar-refractivity contribution in [2.75, 3.05) is 13.2 Å². The second-order valence-corrected chi connectivity index (χ2v) is 5.60. The molecule has 0 fully saturated rings. The van der Waals surface area contributed by atoms with Gasteiger partial charge >= 0.3 is 5.97 Å². The molecule has 24 heavy (non-hydrogen) atoms. The highest BCUT2D eigenvalue weighted by Gasteiger charge is 2.21. The Morgan fingerprint density at radius 3 is 2.62 bits per heavy atom. The first kappa shape index (κ1) is 15.9. The van der Waals surface area contributed by atoms with Gasteiger partial charge in [0, 0.05) is 5.56 Å². The van der Waals surface area contributed by atoms with E-state index in [-0.39, 0.29) is 24.1 Å². The number of aryl methyl sites for hydroxylation is 1. The monoisotopic (exact) mass is 327 g/mol. The van der Waals surface area contributed by atoms with Gasteiger partial charge in [-0.1, -0.05) is 12.1 Å². The van der Waals surface area contributed by atoms with Crippen LogP contribution in [0.2, 0.25) is 0 Å². The van der Waals surface area contributed by atoms with Crippen LogP contribution in [-0.4, -0.2) is 36.2 Å². The van der Waals surface area contributed by atoms with Crippen LogP contribution < -0.4 is 14.8 Å². The smallest absolute Gasteiger partial charge is 0.335 e. The summed E-state index contributed by atoms with van der Waals surface area (Å²) < 4.78 is 11.4. The van der Waals surface area contributed by atoms with Crippen molar-refractivity contribution in [3.8, 4) is 11.5 Å². The number of hydrogen-bond donors (Lipinski definition) is 2. The first-order chi connectivity index (χ1) is 11.5. The molecule has 0 spiro atoms. The van der Waals surface area contributed by atoms with Gasteiger partial charge in [0.1, 0.15) is 12.7 Å². The number of benzene rings is 2. The Bertz CT molecular complexity index is 787. The van der Waals surface area contributed by atoms with Crippen molar-refractivity contribution in [1.29, 1.82) is 0 Å². The molecule has 6 heteroatoms. The van der Waals surface area contributed by atoms with Crippen molar-refractivity contribution < 1.29 is 24.2 Å². The summed E-state index contributed by atoms with van der Waals surface area (Å²) >= 11 is 0. The number of carboxylic acids is 1. The van der Waals surface area contributed by atoms with Crippen molar-refractivity contribution >= 4 is 11.9 Å². The Hall–Kier alpha value is -3.02. The van der Waals surface area contributed by atoms with Crippen LogP contribution in [0, 0.1) is 6.92 Å². The van der Waals surface area contributed by atoms with Crippen molar-refractivity contribution in [2.24, 2.45) is 0 Å². The van der Waals surface area contributed by atoms with Crippen molar-refractivity contribution in [1.82, 2.24) is 5.32 Å². The topological polar surface area (TPSA) is 84.9 Å². The second-order valence-electron chi connectivity index (χ2n) is 5.60. The molecule has 0 saturated carbocycles. The number of rotatable bonds is 4. The molecule has 0 radical (unpaired) electrons. The zero-order valence-corrected chi connectivity index (χ0v) is 13.1. The van der Waals surface area contributed by atoms with Gasteiger partial charge in [-0.15, -0.1) is 0 Å². The van der Waals surface area contributed by atoms with E-state index in [9.17, 15) is 9.59 Å². The van der Waals surface area contributed by atoms with E-state index in [0.717, 1.165) is 0 Å². The number of hydrogen-bond acceptors (Lipinski definition) is 4. The van der Waals surface area contributed by atoms with Crippen molar-refractivity contribution in [3.63, 3.8) is 0 Å². The summed E-state index contributed by atoms with van der Waals surface area (Å²) in [4.78, 5) is 23.3. The number of amides is 1. The predicted molar refractivity (Wildman–Crippen MR) is 86.8 cm³/mol. The number of fused-ring (bicyclic) bond motifs is 1. The molecule has 6 nitrogen and oxygen atoms in total. The maximum Gasteiger partial charge on any atom is 0.335 e. The third-order valence-electron chi connectivity index (χ3n) is 3.64. The van der Waals surface area contributed by atoms with Crippen LogP contribution in [-0.2, 0) is 0 Å². The Kier molecular flexibility index (Phi) is 4.37. The Balaban J connectivity index is 1.63. The highest BCUT2D eigenvalue weighted by Crippen LogP contribution is 2.30. The number of para-hydroxylation sites is 2. The number of carbonyl (C=O) groups excluding carboxylic acids is 1. The third kappa shape index (κ3) is 3.48. The van der Waals surface area contributed by atoms with E-state index in [0.29, 0.717) is 29.2 Å². The molecular formula is C18H17NO5. The minimum Gasteiger partial charge on any atom is -0.486 e. The van der Waals surface area contributed by atoms with Crippen molar-refractivity contribution in [3.05, 3.63) is 59.2 Å². The van der Waals surface area contributed by atoms with Crippen molar-refractivity contribution in [2.45, 2.75) is 13.0 Å². The number of ether oxygens (including phenoxy) is 2. The minimum atomic E-state index is -1.06. The van der Waals surface area contributed by atoms with Crippen LogP contribution in [0.3, 0.4) is 0 Å². The van der Waals surface area contributed by atoms with E-state index < -0.39 is 5.97 Å². The number of carbonyl (C=O) groups is 2. The molecule has 1 amide bonds. The molecule has 1 unspecified atom stereocenters. The summed E-state index contributed by atoms with van der Waals surface area (Å²) in [6.45, 7) is 2.35. The molecule has 0 saturated heterocycles. The molecule has 2 N–H and O–H groups in total. The lowest BCUT2D eigenvalue weighted by molar-refractivity contribution is 0.0696. The Morgan fingerprint density at radius 1 is 1.17 bits per heavy atom. The predicted octanol–water partition coefficient (Wildman–Crippen LogP) is 2.26. The van der Waals surface area contributed by atoms with E-state index in [4.69, 9.17) is 14.6 Å². The Morgan fingerprint density at radius 2 is 1.88 bits per heavy atom. The molecule has 1 heterocycles. The fourth-order valence-electron chi connectivity index (χ4n) is 2.51. The molecule has 124 valence electrons. The highest BCUT2D eigenvalue weighted by atomic mass is 16.6. The molecule has 1 aliphatic heterocycles. The van der Waals surface area contributed by atoms with Gasteiger partial charge in [0.2, 0.25) is 0 Å². The standard InChI is InChI=1S/C18H17NO5/c1-11-6-12(8-13(7-11)18(21)22)17(20)19-9-14-10-23-15-4-2-3-5-16(15)24-14/h2-8,14H,9-10H2,1H3,(H,19,20)(H,21,22). The SMILES string of the molecule is Cc1cc(C(=O)O)cc(C(=O)NCC2COc3ccccc3O2)c1. The number of carboxylic acid groups (broad SMARTS) is 1. The van der Waals surface area contributed by atoms with Gasteiger partial charge in [0.05, 0.1) is 12.1 Å². The first-order valence-electron chi connectivity index (χ1n) is 7.54. The van der Waals surface area contributed by atoms with E-state index in [2.05, 4.69) is 5.32 Å². The lowest BCUT2D eigenvalue weighted by Crippen LogP contribution is -2.40. The molecule has 0 aromatic heterocycles. The fourth-order valence-corrected chi connectivity index (χ4v) is 2.51. The van der Waals surface area contributed by atoms with Crippen LogP contribution in [0.4, 0.5) is 0 Å². The van der Waals surface area contributed by atoms with Crippen LogP contribution >= 0.6 is 0 Å². The van der Waals surface area contributed by atoms with Gasteiger partial charge in [0.25, 0.3) is 5.91 Å². The summed E-state index contributed by atoms with van der Waals surface area (Å²) in [5.74, 6) is -0.0754. The van der Waals surface area contributed by atoms with Crippen LogP contribution in [0.1, 0.15) is 26.3 Å². The molecule has 0 bridgehead atoms. The van der Waals surface area contributed by atoms with Gasteiger partial charge in [-0.2, -0.15) is 0 Å². The normalized spacial score (nSPS) is 15.6. The van der Waals surface area contributed by atoms with Gasteiger partial charge in [-0.25, -0.2) is 4.79 Å². The lowest BCUT2D eigenvalue weighted by atomic mass is 10.1. The zero-order valence-electron chi connectivity index (χ0n) is 13.1. The summed E-state index contributed by atoms with van der Waals surface area (Å²) in [7, 11) is 0. The van der Waals surface area contributed by atoms with E-state index in [1.807, 2.05) is 24.3 Å².